The van der Waals surface area contributed by atoms with Gasteiger partial charge in [0.2, 0.25) is 0 Å². The zero-order chi connectivity index (χ0) is 22.0. The molecule has 180 valence electrons. The number of hydrogen-bond acceptors (Lipinski definition) is 1. The first-order chi connectivity index (χ1) is 14.8. The largest absolute Gasteiger partial charge is 0.501 e. The van der Waals surface area contributed by atoms with E-state index in [1.807, 2.05) is 0 Å². The topological polar surface area (TPSA) is 9.23 Å². The van der Waals surface area contributed by atoms with Gasteiger partial charge < -0.3 is 3.79 Å². The summed E-state index contributed by atoms with van der Waals surface area (Å²) in [5.74, 6) is 0. The minimum absolute atomic E-state index is 0.933. The molecular formula is C28H59AlO. The third kappa shape index (κ3) is 24.8. The van der Waals surface area contributed by atoms with Crippen molar-refractivity contribution in [2.24, 2.45) is 0 Å². The Morgan fingerprint density at radius 2 is 0.667 bits per heavy atom. The Balaban J connectivity index is 3.73. The van der Waals surface area contributed by atoms with Gasteiger partial charge in [-0.3, -0.25) is 0 Å². The van der Waals surface area contributed by atoms with Gasteiger partial charge in [-0.15, -0.1) is 0 Å². The van der Waals surface area contributed by atoms with Gasteiger partial charge in [0.1, 0.15) is 0 Å². The Bertz CT molecular complexity index is 278. The van der Waals surface area contributed by atoms with E-state index in [0.29, 0.717) is 0 Å². The van der Waals surface area contributed by atoms with E-state index in [4.69, 9.17) is 3.79 Å². The Hall–Kier alpha value is 0.492. The molecule has 0 bridgehead atoms. The predicted octanol–water partition coefficient (Wildman–Crippen LogP) is 10.6. The van der Waals surface area contributed by atoms with Crippen LogP contribution in [0, 0.1) is 0 Å². The molecule has 0 spiro atoms. The van der Waals surface area contributed by atoms with Gasteiger partial charge in [-0.1, -0.05) is 166 Å². The summed E-state index contributed by atoms with van der Waals surface area (Å²) in [6.07, 6.45) is 31.3. The van der Waals surface area contributed by atoms with Crippen molar-refractivity contribution in [2.45, 2.75) is 173 Å². The Morgan fingerprint density at radius 1 is 0.367 bits per heavy atom. The van der Waals surface area contributed by atoms with Crippen LogP contribution in [0.2, 0.25) is 10.6 Å². The van der Waals surface area contributed by atoms with E-state index in [-0.39, 0.29) is 0 Å². The summed E-state index contributed by atoms with van der Waals surface area (Å²) in [6.45, 7) is 7.99. The van der Waals surface area contributed by atoms with Crippen LogP contribution >= 0.6 is 0 Å². The summed E-state index contributed by atoms with van der Waals surface area (Å²) in [4.78, 5) is 0. The van der Waals surface area contributed by atoms with E-state index in [1.165, 1.54) is 152 Å². The molecule has 2 heteroatoms. The fourth-order valence-corrected chi connectivity index (χ4v) is 7.07. The SMILES string of the molecule is CCCCCCCCCCCC[O][Al]([CH2]CCCCCCC)[CH2]CCCCCCC. The number of unbranched alkanes of at least 4 members (excludes halogenated alkanes) is 19. The van der Waals surface area contributed by atoms with E-state index in [1.54, 1.807) is 0 Å². The van der Waals surface area contributed by atoms with E-state index >= 15 is 0 Å². The van der Waals surface area contributed by atoms with Crippen molar-refractivity contribution >= 4 is 14.5 Å². The van der Waals surface area contributed by atoms with Crippen LogP contribution in [-0.2, 0) is 3.79 Å². The fraction of sp³-hybridized carbons (Fsp3) is 1.00. The lowest BCUT2D eigenvalue weighted by atomic mass is 10.1. The highest BCUT2D eigenvalue weighted by atomic mass is 27.2. The molecule has 0 atom stereocenters. The minimum atomic E-state index is -0.933. The molecule has 0 aromatic rings. The molecule has 0 amide bonds. The molecule has 1 nitrogen and oxygen atoms in total. The number of rotatable bonds is 26. The molecule has 30 heavy (non-hydrogen) atoms. The van der Waals surface area contributed by atoms with Crippen molar-refractivity contribution in [3.05, 3.63) is 0 Å². The summed E-state index contributed by atoms with van der Waals surface area (Å²) < 4.78 is 6.51. The second-order valence-corrected chi connectivity index (χ2v) is 12.5. The van der Waals surface area contributed by atoms with Crippen molar-refractivity contribution < 1.29 is 3.79 Å². The summed E-state index contributed by atoms with van der Waals surface area (Å²) >= 11 is -0.933. The van der Waals surface area contributed by atoms with Gasteiger partial charge in [0.05, 0.1) is 0 Å². The van der Waals surface area contributed by atoms with Crippen molar-refractivity contribution in [2.75, 3.05) is 6.61 Å². The molecule has 0 unspecified atom stereocenters. The molecule has 0 radical (unpaired) electrons. The van der Waals surface area contributed by atoms with E-state index in [9.17, 15) is 0 Å². The van der Waals surface area contributed by atoms with Crippen LogP contribution in [0.15, 0.2) is 0 Å². The maximum Gasteiger partial charge on any atom is 0.460 e. The van der Waals surface area contributed by atoms with Gasteiger partial charge in [-0.05, 0) is 6.42 Å². The van der Waals surface area contributed by atoms with Crippen molar-refractivity contribution in [3.63, 3.8) is 0 Å². The maximum atomic E-state index is 6.51. The summed E-state index contributed by atoms with van der Waals surface area (Å²) in [5.41, 5.74) is 0. The van der Waals surface area contributed by atoms with Crippen LogP contribution in [0.4, 0.5) is 0 Å². The third-order valence-corrected chi connectivity index (χ3v) is 9.42. The first-order valence-corrected chi connectivity index (χ1v) is 16.6. The van der Waals surface area contributed by atoms with Crippen LogP contribution in [0.5, 0.6) is 0 Å². The van der Waals surface area contributed by atoms with Crippen molar-refractivity contribution in [1.82, 2.24) is 0 Å². The van der Waals surface area contributed by atoms with Crippen LogP contribution in [0.1, 0.15) is 162 Å². The smallest absolute Gasteiger partial charge is 0.460 e. The lowest BCUT2D eigenvalue weighted by molar-refractivity contribution is 0.302. The van der Waals surface area contributed by atoms with Gasteiger partial charge in [0.25, 0.3) is 0 Å². The second kappa shape index (κ2) is 27.5. The van der Waals surface area contributed by atoms with Gasteiger partial charge >= 0.3 is 14.5 Å². The molecule has 0 saturated carbocycles. The molecule has 0 rings (SSSR count). The molecule has 0 saturated heterocycles. The summed E-state index contributed by atoms with van der Waals surface area (Å²) in [5, 5.41) is 2.89. The molecule has 0 aliphatic rings. The zero-order valence-electron chi connectivity index (χ0n) is 21.7. The zero-order valence-corrected chi connectivity index (χ0v) is 22.8. The highest BCUT2D eigenvalue weighted by Gasteiger charge is 2.19. The molecule has 0 N–H and O–H groups in total. The lowest BCUT2D eigenvalue weighted by Gasteiger charge is -2.13. The Morgan fingerprint density at radius 3 is 1.03 bits per heavy atom. The van der Waals surface area contributed by atoms with Gasteiger partial charge in [-0.25, -0.2) is 0 Å². The Kier molecular flexibility index (Phi) is 28.0. The fourth-order valence-electron chi connectivity index (χ4n) is 4.46. The summed E-state index contributed by atoms with van der Waals surface area (Å²) in [6, 6.07) is 0. The predicted molar refractivity (Wildman–Crippen MR) is 140 cm³/mol. The van der Waals surface area contributed by atoms with E-state index in [2.05, 4.69) is 20.8 Å². The average molecular weight is 439 g/mol. The summed E-state index contributed by atoms with van der Waals surface area (Å²) in [7, 11) is 0. The van der Waals surface area contributed by atoms with Gasteiger partial charge in [0, 0.05) is 6.61 Å². The third-order valence-electron chi connectivity index (χ3n) is 6.61. The van der Waals surface area contributed by atoms with E-state index in [0.717, 1.165) is 6.61 Å². The van der Waals surface area contributed by atoms with Gasteiger partial charge in [0.15, 0.2) is 0 Å². The first-order valence-electron chi connectivity index (χ1n) is 14.5. The van der Waals surface area contributed by atoms with Crippen molar-refractivity contribution in [1.29, 1.82) is 0 Å². The average Bonchev–Trinajstić information content (AvgIpc) is 2.76. The highest BCUT2D eigenvalue weighted by molar-refractivity contribution is 6.51. The standard InChI is InChI=1S/C12H25O.2C8H17.Al/c1-2-3-4-5-6-7-8-9-10-11-12-13;2*1-3-5-7-8-6-4-2;/h2-12H2,1H3;2*1,3-8H2,2H3;/q-1;;;+1. The van der Waals surface area contributed by atoms with Gasteiger partial charge in [-0.2, -0.15) is 0 Å². The van der Waals surface area contributed by atoms with Crippen LogP contribution < -0.4 is 0 Å². The van der Waals surface area contributed by atoms with Crippen LogP contribution in [0.3, 0.4) is 0 Å². The molecule has 0 heterocycles. The molecule has 0 aromatic heterocycles. The minimum Gasteiger partial charge on any atom is -0.501 e. The second-order valence-electron chi connectivity index (χ2n) is 9.79. The maximum absolute atomic E-state index is 6.51. The molecule has 0 aliphatic heterocycles. The molecule has 0 aromatic carbocycles. The highest BCUT2D eigenvalue weighted by Crippen LogP contribution is 2.17. The quantitative estimate of drug-likeness (QED) is 0.0963. The molecule has 0 fully saturated rings. The Labute approximate surface area is 197 Å². The number of hydrogen-bond donors (Lipinski definition) is 0. The van der Waals surface area contributed by atoms with Crippen LogP contribution in [0.25, 0.3) is 0 Å². The molecular weight excluding hydrogens is 379 g/mol. The first kappa shape index (κ1) is 30.5. The monoisotopic (exact) mass is 438 g/mol. The van der Waals surface area contributed by atoms with Crippen LogP contribution in [-0.4, -0.2) is 21.1 Å². The van der Waals surface area contributed by atoms with Crippen molar-refractivity contribution in [3.8, 4) is 0 Å². The molecule has 0 aliphatic carbocycles. The normalized spacial score (nSPS) is 11.3. The van der Waals surface area contributed by atoms with E-state index < -0.39 is 14.5 Å². The lowest BCUT2D eigenvalue weighted by Crippen LogP contribution is -2.18.